The van der Waals surface area contributed by atoms with E-state index in [1.807, 2.05) is 0 Å². The first-order valence-corrected chi connectivity index (χ1v) is 9.06. The van der Waals surface area contributed by atoms with Crippen LogP contribution in [0.15, 0.2) is 34.2 Å². The first-order valence-electron chi connectivity index (χ1n) is 7.58. The number of aliphatic imine (C=N–C) groups is 1. The molecule has 2 rings (SSSR count). The molecule has 8 heteroatoms. The number of ether oxygens (including phenoxy) is 1. The van der Waals surface area contributed by atoms with Crippen LogP contribution in [0.1, 0.15) is 20.3 Å². The minimum Gasteiger partial charge on any atom is -0.497 e. The minimum atomic E-state index is -3.65. The Labute approximate surface area is 137 Å². The number of guanidine groups is 1. The first-order chi connectivity index (χ1) is 10.9. The number of hydrogen-bond acceptors (Lipinski definition) is 6. The lowest BCUT2D eigenvalue weighted by Gasteiger charge is -2.27. The van der Waals surface area contributed by atoms with E-state index < -0.39 is 10.0 Å². The molecular formula is C15H24N4O3S. The molecule has 0 fully saturated rings. The highest BCUT2D eigenvalue weighted by atomic mass is 32.2. The fourth-order valence-electron chi connectivity index (χ4n) is 2.06. The normalized spacial score (nSPS) is 15.9. The Balaban J connectivity index is 1.95. The number of sulfonamides is 1. The monoisotopic (exact) mass is 340 g/mol. The topological polar surface area (TPSA) is 83.0 Å². The number of methoxy groups -OCH3 is 1. The van der Waals surface area contributed by atoms with Crippen LogP contribution in [0.2, 0.25) is 0 Å². The van der Waals surface area contributed by atoms with Gasteiger partial charge >= 0.3 is 0 Å². The van der Waals surface area contributed by atoms with E-state index in [9.17, 15) is 8.42 Å². The molecule has 1 aromatic rings. The van der Waals surface area contributed by atoms with Crippen LogP contribution in [0.4, 0.5) is 0 Å². The van der Waals surface area contributed by atoms with Crippen LogP contribution in [0.5, 0.6) is 5.75 Å². The van der Waals surface area contributed by atoms with Crippen LogP contribution < -0.4 is 14.8 Å². The molecule has 1 aromatic carbocycles. The first kappa shape index (κ1) is 17.6. The van der Waals surface area contributed by atoms with E-state index in [0.29, 0.717) is 25.0 Å². The molecule has 7 nitrogen and oxygen atoms in total. The summed E-state index contributed by atoms with van der Waals surface area (Å²) in [5, 5.41) is 3.00. The minimum absolute atomic E-state index is 0.171. The summed E-state index contributed by atoms with van der Waals surface area (Å²) >= 11 is 0. The average molecular weight is 340 g/mol. The highest BCUT2D eigenvalue weighted by molar-refractivity contribution is 7.90. The Morgan fingerprint density at radius 3 is 2.57 bits per heavy atom. The van der Waals surface area contributed by atoms with E-state index >= 15 is 0 Å². The van der Waals surface area contributed by atoms with E-state index in [4.69, 9.17) is 4.74 Å². The van der Waals surface area contributed by atoms with Crippen molar-refractivity contribution in [2.24, 2.45) is 10.9 Å². The maximum atomic E-state index is 12.3. The maximum Gasteiger partial charge on any atom is 0.264 e. The zero-order chi connectivity index (χ0) is 16.9. The number of nitrogens with one attached hydrogen (secondary N) is 2. The predicted molar refractivity (Wildman–Crippen MR) is 89.8 cm³/mol. The van der Waals surface area contributed by atoms with Crippen molar-refractivity contribution in [3.8, 4) is 5.75 Å². The van der Waals surface area contributed by atoms with Gasteiger partial charge in [-0.15, -0.1) is 0 Å². The third kappa shape index (κ3) is 5.11. The summed E-state index contributed by atoms with van der Waals surface area (Å²) in [6.07, 6.45) is 1.09. The smallest absolute Gasteiger partial charge is 0.264 e. The van der Waals surface area contributed by atoms with Crippen LogP contribution in [0, 0.1) is 5.92 Å². The Morgan fingerprint density at radius 1 is 1.35 bits per heavy atom. The van der Waals surface area contributed by atoms with Gasteiger partial charge in [-0.2, -0.15) is 0 Å². The second-order valence-electron chi connectivity index (χ2n) is 5.84. The van der Waals surface area contributed by atoms with E-state index in [1.165, 1.54) is 19.2 Å². The van der Waals surface area contributed by atoms with E-state index in [2.05, 4.69) is 33.8 Å². The molecule has 0 amide bonds. The molecule has 23 heavy (non-hydrogen) atoms. The summed E-state index contributed by atoms with van der Waals surface area (Å²) < 4.78 is 32.1. The van der Waals surface area contributed by atoms with Gasteiger partial charge in [0.15, 0.2) is 0 Å². The van der Waals surface area contributed by atoms with Crippen LogP contribution in [-0.4, -0.2) is 46.3 Å². The molecule has 0 atom stereocenters. The Morgan fingerprint density at radius 2 is 2.04 bits per heavy atom. The molecule has 128 valence electrons. The van der Waals surface area contributed by atoms with Crippen molar-refractivity contribution in [2.75, 3.05) is 27.0 Å². The van der Waals surface area contributed by atoms with Gasteiger partial charge in [-0.25, -0.2) is 18.1 Å². The third-order valence-corrected chi connectivity index (χ3v) is 4.88. The molecule has 1 aliphatic rings. The van der Waals surface area contributed by atoms with Crippen LogP contribution in [0.25, 0.3) is 0 Å². The molecule has 1 heterocycles. The second-order valence-corrected chi connectivity index (χ2v) is 7.52. The van der Waals surface area contributed by atoms with Gasteiger partial charge in [0.25, 0.3) is 10.0 Å². The molecule has 0 unspecified atom stereocenters. The Bertz CT molecular complexity index is 641. The summed E-state index contributed by atoms with van der Waals surface area (Å²) in [5.41, 5.74) is 0. The van der Waals surface area contributed by atoms with Gasteiger partial charge < -0.3 is 10.1 Å². The van der Waals surface area contributed by atoms with Crippen LogP contribution in [-0.2, 0) is 10.0 Å². The highest BCUT2D eigenvalue weighted by Crippen LogP contribution is 2.15. The van der Waals surface area contributed by atoms with Crippen molar-refractivity contribution in [1.82, 2.24) is 14.9 Å². The van der Waals surface area contributed by atoms with Gasteiger partial charge in [0.2, 0.25) is 5.96 Å². The fourth-order valence-corrected chi connectivity index (χ4v) is 3.07. The number of nitrogens with zero attached hydrogens (tertiary/aromatic N) is 2. The summed E-state index contributed by atoms with van der Waals surface area (Å²) in [6, 6.07) is 6.22. The van der Waals surface area contributed by atoms with Gasteiger partial charge in [-0.05, 0) is 36.6 Å². The highest BCUT2D eigenvalue weighted by Gasteiger charge is 2.19. The molecule has 0 aromatic heterocycles. The summed E-state index contributed by atoms with van der Waals surface area (Å²) in [4.78, 5) is 6.55. The largest absolute Gasteiger partial charge is 0.497 e. The molecule has 0 saturated heterocycles. The third-order valence-electron chi connectivity index (χ3n) is 3.52. The van der Waals surface area contributed by atoms with Crippen molar-refractivity contribution in [3.63, 3.8) is 0 Å². The van der Waals surface area contributed by atoms with Crippen molar-refractivity contribution in [1.29, 1.82) is 0 Å². The number of rotatable bonds is 6. The summed E-state index contributed by atoms with van der Waals surface area (Å²) in [5.74, 6) is 1.52. The van der Waals surface area contributed by atoms with E-state index in [0.717, 1.165) is 13.0 Å². The van der Waals surface area contributed by atoms with Gasteiger partial charge in [0, 0.05) is 6.54 Å². The predicted octanol–water partition coefficient (Wildman–Crippen LogP) is 1.20. The molecule has 0 spiro atoms. The van der Waals surface area contributed by atoms with Crippen molar-refractivity contribution < 1.29 is 13.2 Å². The second kappa shape index (κ2) is 7.65. The van der Waals surface area contributed by atoms with Gasteiger partial charge in [0.1, 0.15) is 5.75 Å². The molecule has 0 bridgehead atoms. The number of benzene rings is 1. The van der Waals surface area contributed by atoms with Crippen molar-refractivity contribution in [3.05, 3.63) is 24.3 Å². The van der Waals surface area contributed by atoms with Gasteiger partial charge in [-0.1, -0.05) is 13.8 Å². The Hall–Kier alpha value is -1.80. The SMILES string of the molecule is COc1ccc(S(=O)(=O)NC2=NCN(CCC(C)C)CN2)cc1. The molecular weight excluding hydrogens is 316 g/mol. The van der Waals surface area contributed by atoms with Crippen LogP contribution in [0.3, 0.4) is 0 Å². The number of hydrogen-bond donors (Lipinski definition) is 2. The lowest BCUT2D eigenvalue weighted by molar-refractivity contribution is 0.248. The summed E-state index contributed by atoms with van der Waals surface area (Å²) in [6.45, 7) is 6.35. The van der Waals surface area contributed by atoms with Crippen molar-refractivity contribution in [2.45, 2.75) is 25.2 Å². The van der Waals surface area contributed by atoms with Gasteiger partial charge in [0.05, 0.1) is 25.3 Å². The van der Waals surface area contributed by atoms with Crippen LogP contribution >= 0.6 is 0 Å². The molecule has 0 saturated carbocycles. The standard InChI is InChI=1S/C15H24N4O3S/c1-12(2)8-9-19-10-16-15(17-11-19)18-23(20,21)14-6-4-13(22-3)5-7-14/h4-7,12H,8-11H2,1-3H3,(H2,16,17,18). The quantitative estimate of drug-likeness (QED) is 0.813. The zero-order valence-electron chi connectivity index (χ0n) is 13.7. The zero-order valence-corrected chi connectivity index (χ0v) is 14.6. The molecule has 0 radical (unpaired) electrons. The van der Waals surface area contributed by atoms with E-state index in [-0.39, 0.29) is 10.9 Å². The Kier molecular flexibility index (Phi) is 5.84. The summed E-state index contributed by atoms with van der Waals surface area (Å²) in [7, 11) is -2.11. The molecule has 1 aliphatic heterocycles. The molecule has 2 N–H and O–H groups in total. The maximum absolute atomic E-state index is 12.3. The van der Waals surface area contributed by atoms with E-state index in [1.54, 1.807) is 12.1 Å². The molecule has 0 aliphatic carbocycles. The fraction of sp³-hybridized carbons (Fsp3) is 0.533. The lowest BCUT2D eigenvalue weighted by atomic mass is 10.1. The lowest BCUT2D eigenvalue weighted by Crippen LogP contribution is -2.50. The van der Waals surface area contributed by atoms with Gasteiger partial charge in [-0.3, -0.25) is 4.90 Å². The average Bonchev–Trinajstić information content (AvgIpc) is 2.54. The van der Waals surface area contributed by atoms with Crippen molar-refractivity contribution >= 4 is 16.0 Å².